The molecule has 1 N–H and O–H groups in total. The van der Waals surface area contributed by atoms with Crippen molar-refractivity contribution in [2.24, 2.45) is 0 Å². The van der Waals surface area contributed by atoms with Gasteiger partial charge in [0, 0.05) is 6.20 Å². The van der Waals surface area contributed by atoms with Gasteiger partial charge in [-0.05, 0) is 6.07 Å². The molecule has 0 fully saturated rings. The van der Waals surface area contributed by atoms with Crippen LogP contribution in [-0.4, -0.2) is 28.2 Å². The summed E-state index contributed by atoms with van der Waals surface area (Å²) in [6.45, 7) is 0. The molecule has 1 rings (SSSR count). The normalized spacial score (nSPS) is 12.2. The minimum Gasteiger partial charge on any atom is -0.469 e. The second-order valence-electron chi connectivity index (χ2n) is 2.43. The number of aromatic nitrogens is 2. The molecule has 0 aliphatic heterocycles. The van der Waals surface area contributed by atoms with Crippen molar-refractivity contribution in [2.75, 3.05) is 7.11 Å². The highest BCUT2D eigenvalue weighted by atomic mass is 16.5. The van der Waals surface area contributed by atoms with Gasteiger partial charge in [0.15, 0.2) is 0 Å². The van der Waals surface area contributed by atoms with E-state index in [1.807, 2.05) is 0 Å². The van der Waals surface area contributed by atoms with Crippen molar-refractivity contribution in [2.45, 2.75) is 12.5 Å². The van der Waals surface area contributed by atoms with Crippen molar-refractivity contribution in [3.05, 3.63) is 24.3 Å². The summed E-state index contributed by atoms with van der Waals surface area (Å²) >= 11 is 0. The number of carbonyl (C=O) groups is 1. The highest BCUT2D eigenvalue weighted by Crippen LogP contribution is 2.12. The van der Waals surface area contributed by atoms with Crippen LogP contribution in [0, 0.1) is 0 Å². The summed E-state index contributed by atoms with van der Waals surface area (Å²) in [5, 5.41) is 9.43. The number of rotatable bonds is 3. The van der Waals surface area contributed by atoms with Crippen LogP contribution in [0.15, 0.2) is 18.6 Å². The number of aliphatic hydroxyl groups is 1. The summed E-state index contributed by atoms with van der Waals surface area (Å²) in [5.41, 5.74) is 0.417. The first-order chi connectivity index (χ1) is 6.24. The molecule has 1 atom stereocenters. The standard InChI is InChI=1S/C8H10N2O3/c1-13-8(12)4-7(11)6-2-3-9-5-10-6/h2-3,5,7,11H,4H2,1H3/t7-/m1/s1. The Balaban J connectivity index is 2.59. The Labute approximate surface area is 75.4 Å². The Morgan fingerprint density at radius 3 is 3.08 bits per heavy atom. The number of methoxy groups -OCH3 is 1. The molecule has 0 bridgehead atoms. The van der Waals surface area contributed by atoms with Gasteiger partial charge in [0.2, 0.25) is 0 Å². The van der Waals surface area contributed by atoms with Crippen LogP contribution in [0.1, 0.15) is 18.2 Å². The molecule has 1 aromatic rings. The van der Waals surface area contributed by atoms with E-state index in [1.54, 1.807) is 6.07 Å². The first-order valence-corrected chi connectivity index (χ1v) is 3.75. The second-order valence-corrected chi connectivity index (χ2v) is 2.43. The smallest absolute Gasteiger partial charge is 0.308 e. The molecule has 70 valence electrons. The summed E-state index contributed by atoms with van der Waals surface area (Å²) in [6.07, 6.45) is 1.81. The zero-order chi connectivity index (χ0) is 9.68. The molecular formula is C8H10N2O3. The largest absolute Gasteiger partial charge is 0.469 e. The van der Waals surface area contributed by atoms with E-state index in [9.17, 15) is 9.90 Å². The number of esters is 1. The fraction of sp³-hybridized carbons (Fsp3) is 0.375. The number of carbonyl (C=O) groups excluding carboxylic acids is 1. The molecule has 0 aliphatic carbocycles. The minimum atomic E-state index is -0.921. The van der Waals surface area contributed by atoms with Gasteiger partial charge in [0.25, 0.3) is 0 Å². The van der Waals surface area contributed by atoms with Crippen LogP contribution in [0.25, 0.3) is 0 Å². The highest BCUT2D eigenvalue weighted by Gasteiger charge is 2.13. The lowest BCUT2D eigenvalue weighted by molar-refractivity contribution is -0.142. The zero-order valence-corrected chi connectivity index (χ0v) is 7.17. The van der Waals surface area contributed by atoms with E-state index in [1.165, 1.54) is 19.6 Å². The fourth-order valence-corrected chi connectivity index (χ4v) is 0.844. The van der Waals surface area contributed by atoms with Crippen LogP contribution in [-0.2, 0) is 9.53 Å². The third-order valence-electron chi connectivity index (χ3n) is 1.53. The van der Waals surface area contributed by atoms with Crippen molar-refractivity contribution < 1.29 is 14.6 Å². The van der Waals surface area contributed by atoms with Crippen molar-refractivity contribution >= 4 is 5.97 Å². The van der Waals surface area contributed by atoms with Crippen molar-refractivity contribution in [1.82, 2.24) is 9.97 Å². The molecule has 0 saturated carbocycles. The molecule has 1 heterocycles. The maximum Gasteiger partial charge on any atom is 0.308 e. The maximum atomic E-state index is 10.8. The van der Waals surface area contributed by atoms with Gasteiger partial charge in [-0.2, -0.15) is 0 Å². The molecule has 5 nitrogen and oxygen atoms in total. The Bertz CT molecular complexity index is 276. The van der Waals surface area contributed by atoms with Gasteiger partial charge in [-0.25, -0.2) is 9.97 Å². The average Bonchev–Trinajstić information content (AvgIpc) is 2.19. The molecule has 0 aliphatic rings. The second kappa shape index (κ2) is 4.51. The lowest BCUT2D eigenvalue weighted by Gasteiger charge is -2.06. The lowest BCUT2D eigenvalue weighted by Crippen LogP contribution is -2.09. The monoisotopic (exact) mass is 182 g/mol. The van der Waals surface area contributed by atoms with Crippen LogP contribution in [0.3, 0.4) is 0 Å². The van der Waals surface area contributed by atoms with Crippen molar-refractivity contribution in [3.8, 4) is 0 Å². The first-order valence-electron chi connectivity index (χ1n) is 3.75. The van der Waals surface area contributed by atoms with Gasteiger partial charge >= 0.3 is 5.97 Å². The minimum absolute atomic E-state index is 0.0898. The van der Waals surface area contributed by atoms with Gasteiger partial charge in [-0.3, -0.25) is 4.79 Å². The summed E-state index contributed by atoms with van der Waals surface area (Å²) in [5.74, 6) is -0.467. The van der Waals surface area contributed by atoms with E-state index in [-0.39, 0.29) is 6.42 Å². The lowest BCUT2D eigenvalue weighted by atomic mass is 10.2. The molecule has 13 heavy (non-hydrogen) atoms. The van der Waals surface area contributed by atoms with Gasteiger partial charge in [-0.15, -0.1) is 0 Å². The van der Waals surface area contributed by atoms with E-state index >= 15 is 0 Å². The number of hydrogen-bond donors (Lipinski definition) is 1. The van der Waals surface area contributed by atoms with Crippen LogP contribution in [0.2, 0.25) is 0 Å². The van der Waals surface area contributed by atoms with Crippen LogP contribution in [0.5, 0.6) is 0 Å². The summed E-state index contributed by atoms with van der Waals surface area (Å²) in [4.78, 5) is 18.3. The molecule has 0 spiro atoms. The molecule has 0 aromatic carbocycles. The Hall–Kier alpha value is -1.49. The van der Waals surface area contributed by atoms with Crippen LogP contribution in [0.4, 0.5) is 0 Å². The van der Waals surface area contributed by atoms with E-state index in [4.69, 9.17) is 0 Å². The van der Waals surface area contributed by atoms with Gasteiger partial charge in [0.1, 0.15) is 12.4 Å². The topological polar surface area (TPSA) is 72.3 Å². The number of ether oxygens (including phenoxy) is 1. The highest BCUT2D eigenvalue weighted by molar-refractivity contribution is 5.69. The molecule has 0 unspecified atom stereocenters. The first kappa shape index (κ1) is 9.60. The third-order valence-corrected chi connectivity index (χ3v) is 1.53. The summed E-state index contributed by atoms with van der Waals surface area (Å²) in [6, 6.07) is 1.55. The molecule has 5 heteroatoms. The molecular weight excluding hydrogens is 172 g/mol. The number of aliphatic hydroxyl groups excluding tert-OH is 1. The number of nitrogens with zero attached hydrogens (tertiary/aromatic N) is 2. The van der Waals surface area contributed by atoms with Crippen LogP contribution < -0.4 is 0 Å². The van der Waals surface area contributed by atoms with Crippen molar-refractivity contribution in [1.29, 1.82) is 0 Å². The Kier molecular flexibility index (Phi) is 3.33. The van der Waals surface area contributed by atoms with Gasteiger partial charge < -0.3 is 9.84 Å². The van der Waals surface area contributed by atoms with Crippen molar-refractivity contribution in [3.63, 3.8) is 0 Å². The molecule has 1 aromatic heterocycles. The quantitative estimate of drug-likeness (QED) is 0.670. The summed E-state index contributed by atoms with van der Waals surface area (Å²) in [7, 11) is 1.27. The Morgan fingerprint density at radius 2 is 2.54 bits per heavy atom. The maximum absolute atomic E-state index is 10.8. The van der Waals surface area contributed by atoms with E-state index in [0.717, 1.165) is 0 Å². The van der Waals surface area contributed by atoms with E-state index < -0.39 is 12.1 Å². The van der Waals surface area contributed by atoms with Gasteiger partial charge in [0.05, 0.1) is 19.2 Å². The molecule has 0 saturated heterocycles. The van der Waals surface area contributed by atoms with Crippen LogP contribution >= 0.6 is 0 Å². The molecule has 0 radical (unpaired) electrons. The SMILES string of the molecule is COC(=O)C[C@@H](O)c1ccncn1. The van der Waals surface area contributed by atoms with E-state index in [2.05, 4.69) is 14.7 Å². The van der Waals surface area contributed by atoms with E-state index in [0.29, 0.717) is 5.69 Å². The predicted molar refractivity (Wildman–Crippen MR) is 43.6 cm³/mol. The van der Waals surface area contributed by atoms with Gasteiger partial charge in [-0.1, -0.05) is 0 Å². The summed E-state index contributed by atoms with van der Waals surface area (Å²) < 4.78 is 4.40. The fourth-order valence-electron chi connectivity index (χ4n) is 0.844. The Morgan fingerprint density at radius 1 is 1.77 bits per heavy atom. The average molecular weight is 182 g/mol. The number of hydrogen-bond acceptors (Lipinski definition) is 5. The zero-order valence-electron chi connectivity index (χ0n) is 7.17. The molecule has 0 amide bonds. The third kappa shape index (κ3) is 2.79. The predicted octanol–water partition coefficient (Wildman–Crippen LogP) is 0.0731.